The Hall–Kier alpha value is -1.40. The maximum atomic E-state index is 12.2. The Balaban J connectivity index is 2.27. The van der Waals surface area contributed by atoms with Gasteiger partial charge >= 0.3 is 0 Å². The number of likely N-dealkylation sites (tertiary alicyclic amines) is 1. The average Bonchev–Trinajstić information content (AvgIpc) is 2.88. The summed E-state index contributed by atoms with van der Waals surface area (Å²) in [4.78, 5) is 14.1. The van der Waals surface area contributed by atoms with E-state index in [0.29, 0.717) is 19.6 Å². The number of piperidine rings is 1. The summed E-state index contributed by atoms with van der Waals surface area (Å²) in [6, 6.07) is 1.83. The standard InChI is InChI=1S/C14H24N4O2/c1-3-8-18-12(6-7-16-18)14-11(15)4-5-13(19)17(14)9-10-20-2/h6-7,11,14H,3-5,8-10,15H2,1-2H3. The first kappa shape index (κ1) is 15.0. The van der Waals surface area contributed by atoms with Crippen molar-refractivity contribution < 1.29 is 9.53 Å². The van der Waals surface area contributed by atoms with E-state index < -0.39 is 0 Å². The molecule has 1 aromatic heterocycles. The normalized spacial score (nSPS) is 23.4. The summed E-state index contributed by atoms with van der Waals surface area (Å²) in [5.41, 5.74) is 7.31. The summed E-state index contributed by atoms with van der Waals surface area (Å²) in [6.07, 6.45) is 4.03. The fourth-order valence-corrected chi connectivity index (χ4v) is 2.80. The molecule has 0 aromatic carbocycles. The largest absolute Gasteiger partial charge is 0.383 e. The lowest BCUT2D eigenvalue weighted by Gasteiger charge is -2.39. The van der Waals surface area contributed by atoms with Crippen molar-refractivity contribution in [2.45, 2.75) is 44.8 Å². The molecule has 6 nitrogen and oxygen atoms in total. The van der Waals surface area contributed by atoms with Gasteiger partial charge in [0.2, 0.25) is 5.91 Å². The van der Waals surface area contributed by atoms with Gasteiger partial charge in [0.1, 0.15) is 0 Å². The Morgan fingerprint density at radius 1 is 1.50 bits per heavy atom. The highest BCUT2D eigenvalue weighted by Crippen LogP contribution is 2.30. The summed E-state index contributed by atoms with van der Waals surface area (Å²) in [5.74, 6) is 0.151. The lowest BCUT2D eigenvalue weighted by atomic mass is 9.93. The van der Waals surface area contributed by atoms with Crippen LogP contribution in [0.15, 0.2) is 12.3 Å². The van der Waals surface area contributed by atoms with Gasteiger partial charge < -0.3 is 15.4 Å². The first-order valence-corrected chi connectivity index (χ1v) is 7.24. The van der Waals surface area contributed by atoms with Gasteiger partial charge in [-0.1, -0.05) is 6.92 Å². The van der Waals surface area contributed by atoms with E-state index in [-0.39, 0.29) is 18.0 Å². The van der Waals surface area contributed by atoms with Crippen LogP contribution in [-0.4, -0.2) is 46.9 Å². The second-order valence-corrected chi connectivity index (χ2v) is 5.21. The number of nitrogens with zero attached hydrogens (tertiary/aromatic N) is 3. The van der Waals surface area contributed by atoms with Gasteiger partial charge in [-0.05, 0) is 18.9 Å². The summed E-state index contributed by atoms with van der Waals surface area (Å²) < 4.78 is 7.08. The zero-order chi connectivity index (χ0) is 14.5. The zero-order valence-electron chi connectivity index (χ0n) is 12.3. The van der Waals surface area contributed by atoms with E-state index in [1.165, 1.54) is 0 Å². The van der Waals surface area contributed by atoms with Gasteiger partial charge in [-0.15, -0.1) is 0 Å². The number of amides is 1. The molecule has 0 bridgehead atoms. The molecule has 2 unspecified atom stereocenters. The number of ether oxygens (including phenoxy) is 1. The van der Waals surface area contributed by atoms with Crippen molar-refractivity contribution in [3.8, 4) is 0 Å². The van der Waals surface area contributed by atoms with Gasteiger partial charge in [-0.2, -0.15) is 5.10 Å². The number of carbonyl (C=O) groups excluding carboxylic acids is 1. The highest BCUT2D eigenvalue weighted by atomic mass is 16.5. The Morgan fingerprint density at radius 2 is 2.30 bits per heavy atom. The molecule has 6 heteroatoms. The summed E-state index contributed by atoms with van der Waals surface area (Å²) in [7, 11) is 1.64. The van der Waals surface area contributed by atoms with Crippen LogP contribution in [0.4, 0.5) is 0 Å². The molecule has 2 heterocycles. The first-order valence-electron chi connectivity index (χ1n) is 7.24. The van der Waals surface area contributed by atoms with Gasteiger partial charge in [-0.3, -0.25) is 9.48 Å². The zero-order valence-corrected chi connectivity index (χ0v) is 12.3. The van der Waals surface area contributed by atoms with E-state index in [9.17, 15) is 4.79 Å². The summed E-state index contributed by atoms with van der Waals surface area (Å²) >= 11 is 0. The third-order valence-electron chi connectivity index (χ3n) is 3.78. The minimum atomic E-state index is -0.0968. The van der Waals surface area contributed by atoms with Crippen LogP contribution in [-0.2, 0) is 16.1 Å². The molecular weight excluding hydrogens is 256 g/mol. The fourth-order valence-electron chi connectivity index (χ4n) is 2.80. The Kier molecular flexibility index (Phi) is 5.14. The molecular formula is C14H24N4O2. The Labute approximate surface area is 119 Å². The van der Waals surface area contributed by atoms with Crippen LogP contribution in [0.3, 0.4) is 0 Å². The van der Waals surface area contributed by atoms with Crippen LogP contribution < -0.4 is 5.73 Å². The van der Waals surface area contributed by atoms with Crippen LogP contribution >= 0.6 is 0 Å². The van der Waals surface area contributed by atoms with Crippen LogP contribution in [0.1, 0.15) is 37.9 Å². The van der Waals surface area contributed by atoms with E-state index in [4.69, 9.17) is 10.5 Å². The van der Waals surface area contributed by atoms with Crippen molar-refractivity contribution in [1.29, 1.82) is 0 Å². The van der Waals surface area contributed by atoms with E-state index in [1.54, 1.807) is 13.3 Å². The lowest BCUT2D eigenvalue weighted by molar-refractivity contribution is -0.138. The third kappa shape index (κ3) is 3.02. The van der Waals surface area contributed by atoms with E-state index in [2.05, 4.69) is 12.0 Å². The molecule has 1 aromatic rings. The monoisotopic (exact) mass is 280 g/mol. The van der Waals surface area contributed by atoms with Crippen molar-refractivity contribution in [2.75, 3.05) is 20.3 Å². The number of hydrogen-bond acceptors (Lipinski definition) is 4. The molecule has 0 aliphatic carbocycles. The van der Waals surface area contributed by atoms with Crippen LogP contribution in [0, 0.1) is 0 Å². The number of carbonyl (C=O) groups is 1. The summed E-state index contributed by atoms with van der Waals surface area (Å²) in [6.45, 7) is 4.06. The molecule has 1 aliphatic rings. The van der Waals surface area contributed by atoms with Gasteiger partial charge in [0, 0.05) is 38.9 Å². The van der Waals surface area contributed by atoms with Crippen molar-refractivity contribution in [3.05, 3.63) is 18.0 Å². The molecule has 2 rings (SSSR count). The molecule has 0 spiro atoms. The highest BCUT2D eigenvalue weighted by molar-refractivity contribution is 5.77. The maximum Gasteiger partial charge on any atom is 0.223 e. The van der Waals surface area contributed by atoms with Crippen LogP contribution in [0.25, 0.3) is 0 Å². The minimum Gasteiger partial charge on any atom is -0.383 e. The Morgan fingerprint density at radius 3 is 3.00 bits per heavy atom. The van der Waals surface area contributed by atoms with E-state index in [1.807, 2.05) is 15.6 Å². The lowest BCUT2D eigenvalue weighted by Crippen LogP contribution is -2.50. The molecule has 112 valence electrons. The number of nitrogens with two attached hydrogens (primary N) is 1. The topological polar surface area (TPSA) is 73.4 Å². The van der Waals surface area contributed by atoms with Crippen LogP contribution in [0.2, 0.25) is 0 Å². The second-order valence-electron chi connectivity index (χ2n) is 5.21. The molecule has 0 saturated carbocycles. The molecule has 1 aliphatic heterocycles. The fraction of sp³-hybridized carbons (Fsp3) is 0.714. The number of aromatic nitrogens is 2. The quantitative estimate of drug-likeness (QED) is 0.841. The minimum absolute atomic E-state index is 0.0446. The first-order chi connectivity index (χ1) is 9.69. The van der Waals surface area contributed by atoms with Crippen molar-refractivity contribution >= 4 is 5.91 Å². The van der Waals surface area contributed by atoms with Crippen molar-refractivity contribution in [1.82, 2.24) is 14.7 Å². The van der Waals surface area contributed by atoms with Crippen LogP contribution in [0.5, 0.6) is 0 Å². The molecule has 20 heavy (non-hydrogen) atoms. The molecule has 1 fully saturated rings. The van der Waals surface area contributed by atoms with E-state index in [0.717, 1.165) is 25.1 Å². The molecule has 1 amide bonds. The molecule has 2 atom stereocenters. The summed E-state index contributed by atoms with van der Waals surface area (Å²) in [5, 5.41) is 4.35. The van der Waals surface area contributed by atoms with Gasteiger partial charge in [-0.25, -0.2) is 0 Å². The smallest absolute Gasteiger partial charge is 0.223 e. The second kappa shape index (κ2) is 6.85. The van der Waals surface area contributed by atoms with Gasteiger partial charge in [0.05, 0.1) is 18.3 Å². The van der Waals surface area contributed by atoms with E-state index >= 15 is 0 Å². The van der Waals surface area contributed by atoms with Gasteiger partial charge in [0.25, 0.3) is 0 Å². The number of methoxy groups -OCH3 is 1. The average molecular weight is 280 g/mol. The van der Waals surface area contributed by atoms with Crippen molar-refractivity contribution in [2.24, 2.45) is 5.73 Å². The van der Waals surface area contributed by atoms with Gasteiger partial charge in [0.15, 0.2) is 0 Å². The predicted octanol–water partition coefficient (Wildman–Crippen LogP) is 0.930. The number of aryl methyl sites for hydroxylation is 1. The molecule has 2 N–H and O–H groups in total. The SMILES string of the molecule is CCCn1nccc1C1C(N)CCC(=O)N1CCOC. The molecule has 0 radical (unpaired) electrons. The number of hydrogen-bond donors (Lipinski definition) is 1. The third-order valence-corrected chi connectivity index (χ3v) is 3.78. The molecule has 1 saturated heterocycles. The number of rotatable bonds is 6. The Bertz CT molecular complexity index is 446. The maximum absolute atomic E-state index is 12.2. The highest BCUT2D eigenvalue weighted by Gasteiger charge is 2.36. The van der Waals surface area contributed by atoms with Crippen molar-refractivity contribution in [3.63, 3.8) is 0 Å². The predicted molar refractivity (Wildman–Crippen MR) is 76.1 cm³/mol.